The number of benzene rings is 2. The van der Waals surface area contributed by atoms with Gasteiger partial charge in [0.25, 0.3) is 5.56 Å². The number of nitrogens with zero attached hydrogens (tertiary/aromatic N) is 2. The molecule has 1 spiro atoms. The number of halogens is 2. The number of ketones is 1. The van der Waals surface area contributed by atoms with Crippen molar-refractivity contribution in [1.29, 1.82) is 0 Å². The Bertz CT molecular complexity index is 1730. The molecule has 1 aliphatic carbocycles. The summed E-state index contributed by atoms with van der Waals surface area (Å²) < 4.78 is 33.8. The van der Waals surface area contributed by atoms with Gasteiger partial charge < -0.3 is 14.6 Å². The van der Waals surface area contributed by atoms with Gasteiger partial charge in [-0.15, -0.1) is 0 Å². The minimum absolute atomic E-state index is 0.0280. The van der Waals surface area contributed by atoms with Crippen LogP contribution >= 0.6 is 0 Å². The Kier molecular flexibility index (Phi) is 10.7. The van der Waals surface area contributed by atoms with E-state index in [9.17, 15) is 19.5 Å². The highest BCUT2D eigenvalue weighted by atomic mass is 19.1. The number of aryl methyl sites for hydroxylation is 4. The van der Waals surface area contributed by atoms with Crippen LogP contribution < -0.4 is 5.56 Å². The van der Waals surface area contributed by atoms with Crippen LogP contribution in [0.3, 0.4) is 0 Å². The first kappa shape index (κ1) is 35.7. The van der Waals surface area contributed by atoms with Gasteiger partial charge in [0, 0.05) is 55.4 Å². The predicted octanol–water partition coefficient (Wildman–Crippen LogP) is 8.25. The van der Waals surface area contributed by atoms with E-state index in [1.54, 1.807) is 12.3 Å². The molecule has 8 heteroatoms. The topological polar surface area (TPSA) is 79.6 Å². The fourth-order valence-corrected chi connectivity index (χ4v) is 8.26. The Hall–Kier alpha value is -3.65. The summed E-state index contributed by atoms with van der Waals surface area (Å²) in [6, 6.07) is 7.67. The van der Waals surface area contributed by atoms with E-state index in [0.29, 0.717) is 17.4 Å². The molecule has 1 unspecified atom stereocenters. The number of hydrogen-bond donors (Lipinski definition) is 1. The van der Waals surface area contributed by atoms with Crippen LogP contribution in [0.2, 0.25) is 0 Å². The second kappa shape index (κ2) is 14.5. The molecular weight excluding hydrogens is 610 g/mol. The number of aliphatic carboxylic acids is 1. The normalized spacial score (nSPS) is 17.1. The lowest BCUT2D eigenvalue weighted by Crippen LogP contribution is -2.55. The van der Waals surface area contributed by atoms with Gasteiger partial charge in [0.05, 0.1) is 12.5 Å². The van der Waals surface area contributed by atoms with Crippen molar-refractivity contribution in [3.63, 3.8) is 0 Å². The zero-order valence-electron chi connectivity index (χ0n) is 29.3. The zero-order chi connectivity index (χ0) is 34.9. The van der Waals surface area contributed by atoms with Crippen LogP contribution in [0.25, 0.3) is 11.1 Å². The number of rotatable bonds is 13. The first-order valence-corrected chi connectivity index (χ1v) is 17.4. The molecule has 0 radical (unpaired) electrons. The van der Waals surface area contributed by atoms with Gasteiger partial charge in [-0.25, -0.2) is 8.78 Å². The molecule has 48 heavy (non-hydrogen) atoms. The third kappa shape index (κ3) is 7.49. The number of aromatic nitrogens is 1. The Morgan fingerprint density at radius 2 is 1.56 bits per heavy atom. The summed E-state index contributed by atoms with van der Waals surface area (Å²) in [5, 5.41) is 9.88. The standard InChI is InChI=1S/C40H50F2N2O4/c1-24(2)16-32(44-21-29(27(5)18-34(44)46)12-15-43-22-40(23-43)13-7-8-14-40)33(45)19-30(20-35(47)48)37-38(41)28(6)17-31(39(37)42)36-25(3)10-9-11-26(36)4/h9-11,17-18,21,24,30,32H,7-8,12-16,19-20,22-23H2,1-6H3,(H,47,48)/t30-,32?/m0/s1. The Labute approximate surface area is 283 Å². The number of Topliss-reactive ketones (excluding diaryl/α,β-unsaturated/α-hetero) is 1. The maximum Gasteiger partial charge on any atom is 0.303 e. The fraction of sp³-hybridized carbons (Fsp3) is 0.525. The van der Waals surface area contributed by atoms with Gasteiger partial charge in [0.1, 0.15) is 11.6 Å². The van der Waals surface area contributed by atoms with Crippen LogP contribution in [0.4, 0.5) is 8.78 Å². The molecule has 5 rings (SSSR count). The lowest BCUT2D eigenvalue weighted by atomic mass is 9.78. The molecule has 1 aliphatic heterocycles. The average Bonchev–Trinajstić information content (AvgIpc) is 3.48. The molecular formula is C40H50F2N2O4. The number of likely N-dealkylation sites (tertiary alicyclic amines) is 1. The first-order chi connectivity index (χ1) is 22.7. The van der Waals surface area contributed by atoms with Crippen molar-refractivity contribution in [3.8, 4) is 11.1 Å². The van der Waals surface area contributed by atoms with Crippen LogP contribution in [0.5, 0.6) is 0 Å². The van der Waals surface area contributed by atoms with Gasteiger partial charge in [0.2, 0.25) is 0 Å². The van der Waals surface area contributed by atoms with Crippen LogP contribution in [0.15, 0.2) is 41.3 Å². The summed E-state index contributed by atoms with van der Waals surface area (Å²) >= 11 is 0. The summed E-state index contributed by atoms with van der Waals surface area (Å²) in [7, 11) is 0. The smallest absolute Gasteiger partial charge is 0.303 e. The zero-order valence-corrected chi connectivity index (χ0v) is 29.3. The molecule has 6 nitrogen and oxygen atoms in total. The van der Waals surface area contributed by atoms with Crippen LogP contribution in [-0.2, 0) is 16.0 Å². The SMILES string of the molecule is Cc1cc(=O)n(C(CC(C)C)C(=O)C[C@@H](CC(=O)O)c2c(F)c(C)cc(-c3c(C)cccc3C)c2F)cc1CCN1CC2(CCCC2)C1. The number of carboxylic acid groups (broad SMARTS) is 1. The molecule has 1 saturated heterocycles. The maximum absolute atomic E-state index is 16.5. The fourth-order valence-electron chi connectivity index (χ4n) is 8.26. The minimum atomic E-state index is -1.26. The van der Waals surface area contributed by atoms with Gasteiger partial charge in [-0.2, -0.15) is 0 Å². The van der Waals surface area contributed by atoms with E-state index in [4.69, 9.17) is 0 Å². The minimum Gasteiger partial charge on any atom is -0.481 e. The van der Waals surface area contributed by atoms with Crippen molar-refractivity contribution >= 4 is 11.8 Å². The van der Waals surface area contributed by atoms with E-state index < -0.39 is 53.8 Å². The van der Waals surface area contributed by atoms with Crippen LogP contribution in [0.1, 0.15) is 104 Å². The molecule has 0 bridgehead atoms. The number of pyridine rings is 1. The van der Waals surface area contributed by atoms with Crippen molar-refractivity contribution in [2.75, 3.05) is 19.6 Å². The highest BCUT2D eigenvalue weighted by molar-refractivity contribution is 5.84. The molecule has 2 aromatic carbocycles. The molecule has 1 N–H and O–H groups in total. The number of carbonyl (C=O) groups excluding carboxylic acids is 1. The van der Waals surface area contributed by atoms with Crippen molar-refractivity contribution < 1.29 is 23.5 Å². The van der Waals surface area contributed by atoms with Crippen LogP contribution in [0, 0.1) is 50.7 Å². The molecule has 2 heterocycles. The molecule has 1 aromatic heterocycles. The van der Waals surface area contributed by atoms with Crippen LogP contribution in [-0.4, -0.2) is 46.0 Å². The summed E-state index contributed by atoms with van der Waals surface area (Å²) in [5.74, 6) is -4.60. The molecule has 2 aliphatic rings. The van der Waals surface area contributed by atoms with Gasteiger partial charge in [0.15, 0.2) is 5.78 Å². The average molecular weight is 661 g/mol. The lowest BCUT2D eigenvalue weighted by Gasteiger charge is -2.48. The summed E-state index contributed by atoms with van der Waals surface area (Å²) in [6.07, 6.45) is 7.05. The number of carboxylic acids is 1. The van der Waals surface area contributed by atoms with E-state index in [0.717, 1.165) is 48.3 Å². The second-order valence-electron chi connectivity index (χ2n) is 15.1. The van der Waals surface area contributed by atoms with Gasteiger partial charge >= 0.3 is 5.97 Å². The molecule has 2 fully saturated rings. The van der Waals surface area contributed by atoms with E-state index in [1.807, 2.05) is 52.8 Å². The summed E-state index contributed by atoms with van der Waals surface area (Å²) in [6.45, 7) is 14.1. The van der Waals surface area contributed by atoms with Gasteiger partial charge in [-0.05, 0) is 104 Å². The van der Waals surface area contributed by atoms with E-state index in [2.05, 4.69) is 4.90 Å². The molecule has 0 amide bonds. The maximum atomic E-state index is 16.5. The Balaban J connectivity index is 1.47. The Morgan fingerprint density at radius 3 is 2.17 bits per heavy atom. The van der Waals surface area contributed by atoms with E-state index >= 15 is 8.78 Å². The van der Waals surface area contributed by atoms with Crippen molar-refractivity contribution in [2.24, 2.45) is 11.3 Å². The quantitative estimate of drug-likeness (QED) is 0.200. The molecule has 258 valence electrons. The Morgan fingerprint density at radius 1 is 0.917 bits per heavy atom. The van der Waals surface area contributed by atoms with Crippen molar-refractivity contribution in [3.05, 3.63) is 91.9 Å². The van der Waals surface area contributed by atoms with Crippen molar-refractivity contribution in [1.82, 2.24) is 9.47 Å². The summed E-state index contributed by atoms with van der Waals surface area (Å²) in [4.78, 5) is 42.2. The van der Waals surface area contributed by atoms with Crippen molar-refractivity contribution in [2.45, 2.75) is 105 Å². The predicted molar refractivity (Wildman–Crippen MR) is 186 cm³/mol. The third-order valence-corrected chi connectivity index (χ3v) is 10.7. The first-order valence-electron chi connectivity index (χ1n) is 17.4. The third-order valence-electron chi connectivity index (χ3n) is 10.7. The van der Waals surface area contributed by atoms with Gasteiger partial charge in [-0.1, -0.05) is 44.9 Å². The lowest BCUT2D eigenvalue weighted by molar-refractivity contribution is -0.137. The van der Waals surface area contributed by atoms with E-state index in [-0.39, 0.29) is 22.6 Å². The number of carbonyl (C=O) groups is 2. The highest BCUT2D eigenvalue weighted by Crippen LogP contribution is 2.45. The molecule has 1 saturated carbocycles. The second-order valence-corrected chi connectivity index (χ2v) is 15.1. The molecule has 3 aromatic rings. The largest absolute Gasteiger partial charge is 0.481 e. The number of hydrogen-bond acceptors (Lipinski definition) is 4. The van der Waals surface area contributed by atoms with E-state index in [1.165, 1.54) is 43.2 Å². The summed E-state index contributed by atoms with van der Waals surface area (Å²) in [5.41, 5.74) is 4.22. The van der Waals surface area contributed by atoms with Gasteiger partial charge in [-0.3, -0.25) is 14.4 Å². The molecule has 2 atom stereocenters. The monoisotopic (exact) mass is 660 g/mol. The highest BCUT2D eigenvalue weighted by Gasteiger charge is 2.44.